The molecule has 0 spiro atoms. The summed E-state index contributed by atoms with van der Waals surface area (Å²) in [6.45, 7) is 5.33. The predicted molar refractivity (Wildman–Crippen MR) is 151 cm³/mol. The Kier molecular flexibility index (Phi) is 11.5. The van der Waals surface area contributed by atoms with Crippen molar-refractivity contribution in [3.8, 4) is 16.9 Å². The summed E-state index contributed by atoms with van der Waals surface area (Å²) in [6, 6.07) is 4.59. The van der Waals surface area contributed by atoms with Gasteiger partial charge < -0.3 is 19.5 Å². The molecular formula is C32H31F10NO4. The molecule has 0 aliphatic carbocycles. The molecule has 0 saturated carbocycles. The van der Waals surface area contributed by atoms with Crippen LogP contribution in [0.2, 0.25) is 0 Å². The molecule has 0 radical (unpaired) electrons. The number of nitrogens with one attached hydrogen (secondary N) is 1. The Labute approximate surface area is 263 Å². The number of hydrogen-bond donors (Lipinski definition) is 1. The number of benzene rings is 3. The number of carbonyl (C=O) groups excluding carboxylic acids is 1. The van der Waals surface area contributed by atoms with E-state index in [4.69, 9.17) is 14.2 Å². The van der Waals surface area contributed by atoms with Gasteiger partial charge in [0, 0.05) is 24.2 Å². The minimum absolute atomic E-state index is 0.00637. The van der Waals surface area contributed by atoms with E-state index < -0.39 is 71.4 Å². The zero-order valence-electron chi connectivity index (χ0n) is 25.7. The molecule has 0 saturated heterocycles. The molecule has 2 atom stereocenters. The van der Waals surface area contributed by atoms with Gasteiger partial charge in [-0.05, 0) is 78.4 Å². The maximum atomic E-state index is 14.7. The fraction of sp³-hybridized carbons (Fsp3) is 0.406. The third kappa shape index (κ3) is 9.30. The lowest BCUT2D eigenvalue weighted by atomic mass is 9.92. The quantitative estimate of drug-likeness (QED) is 0.170. The van der Waals surface area contributed by atoms with Crippen LogP contribution in [0.5, 0.6) is 5.75 Å². The largest absolute Gasteiger partial charge is 0.508 e. The Balaban J connectivity index is 2.14. The summed E-state index contributed by atoms with van der Waals surface area (Å²) in [7, 11) is 1.24. The van der Waals surface area contributed by atoms with E-state index in [1.54, 1.807) is 13.8 Å². The normalized spacial score (nSPS) is 13.8. The number of methoxy groups -OCH3 is 1. The van der Waals surface area contributed by atoms with Crippen LogP contribution in [0.15, 0.2) is 48.5 Å². The van der Waals surface area contributed by atoms with Crippen molar-refractivity contribution in [2.45, 2.75) is 70.8 Å². The standard InChI is InChI=1S/C32H31F10NO4/c1-6-46-29(44)47-28(18-9-21(31(37,38)39)12-22(10-18)32(40,41)42)17(4)43-15-19-11-20(30(34,35)36)7-8-23(19)25-13-24(16(2)3)26(33)14-27(25)45-5/h7-14,16-17,28,43H,6,15H2,1-5H3/t17-,28-/m0/s1. The van der Waals surface area contributed by atoms with E-state index in [9.17, 15) is 48.7 Å². The molecule has 47 heavy (non-hydrogen) atoms. The van der Waals surface area contributed by atoms with E-state index >= 15 is 0 Å². The highest BCUT2D eigenvalue weighted by atomic mass is 19.4. The van der Waals surface area contributed by atoms with Crippen molar-refractivity contribution < 1.29 is 62.9 Å². The molecule has 0 aliphatic heterocycles. The Hall–Kier alpha value is -4.01. The molecule has 0 aliphatic rings. The lowest BCUT2D eigenvalue weighted by molar-refractivity contribution is -0.143. The molecule has 3 aromatic rings. The van der Waals surface area contributed by atoms with E-state index in [1.165, 1.54) is 27.0 Å². The minimum atomic E-state index is -5.21. The third-order valence-electron chi connectivity index (χ3n) is 7.16. The molecular weight excluding hydrogens is 652 g/mol. The van der Waals surface area contributed by atoms with Gasteiger partial charge in [0.05, 0.1) is 30.4 Å². The van der Waals surface area contributed by atoms with Gasteiger partial charge in [-0.25, -0.2) is 9.18 Å². The minimum Gasteiger partial charge on any atom is -0.496 e. The molecule has 0 bridgehead atoms. The maximum Gasteiger partial charge on any atom is 0.508 e. The molecule has 3 aromatic carbocycles. The van der Waals surface area contributed by atoms with E-state index in [2.05, 4.69) is 5.32 Å². The van der Waals surface area contributed by atoms with Crippen LogP contribution in [0.1, 0.15) is 73.1 Å². The van der Waals surface area contributed by atoms with Crippen molar-refractivity contribution in [1.82, 2.24) is 5.32 Å². The molecule has 0 fully saturated rings. The topological polar surface area (TPSA) is 56.8 Å². The summed E-state index contributed by atoms with van der Waals surface area (Å²) in [5, 5.41) is 2.76. The highest BCUT2D eigenvalue weighted by molar-refractivity contribution is 5.75. The van der Waals surface area contributed by atoms with Crippen LogP contribution < -0.4 is 10.1 Å². The van der Waals surface area contributed by atoms with Gasteiger partial charge in [-0.15, -0.1) is 0 Å². The first-order chi connectivity index (χ1) is 21.7. The Morgan fingerprint density at radius 2 is 1.36 bits per heavy atom. The lowest BCUT2D eigenvalue weighted by Gasteiger charge is -2.27. The van der Waals surface area contributed by atoms with Crippen molar-refractivity contribution in [3.63, 3.8) is 0 Å². The maximum absolute atomic E-state index is 14.7. The first-order valence-corrected chi connectivity index (χ1v) is 14.1. The van der Waals surface area contributed by atoms with Crippen LogP contribution in [-0.4, -0.2) is 25.9 Å². The van der Waals surface area contributed by atoms with Gasteiger partial charge in [-0.2, -0.15) is 39.5 Å². The summed E-state index contributed by atoms with van der Waals surface area (Å²) in [6.07, 6.45) is -18.5. The molecule has 0 unspecified atom stereocenters. The fourth-order valence-corrected chi connectivity index (χ4v) is 4.81. The summed E-state index contributed by atoms with van der Waals surface area (Å²) in [5.74, 6) is -0.947. The lowest BCUT2D eigenvalue weighted by Crippen LogP contribution is -2.35. The van der Waals surface area contributed by atoms with Crippen LogP contribution in [0.25, 0.3) is 11.1 Å². The van der Waals surface area contributed by atoms with Crippen molar-refractivity contribution in [3.05, 3.63) is 87.7 Å². The third-order valence-corrected chi connectivity index (χ3v) is 7.16. The Bertz CT molecular complexity index is 1530. The Morgan fingerprint density at radius 1 is 0.787 bits per heavy atom. The highest BCUT2D eigenvalue weighted by Crippen LogP contribution is 2.41. The molecule has 258 valence electrons. The number of halogens is 10. The summed E-state index contributed by atoms with van der Waals surface area (Å²) in [4.78, 5) is 12.3. The predicted octanol–water partition coefficient (Wildman–Crippen LogP) is 10.1. The molecule has 0 aromatic heterocycles. The zero-order valence-corrected chi connectivity index (χ0v) is 25.7. The molecule has 0 heterocycles. The monoisotopic (exact) mass is 683 g/mol. The van der Waals surface area contributed by atoms with Crippen LogP contribution in [0, 0.1) is 5.82 Å². The van der Waals surface area contributed by atoms with Gasteiger partial charge >= 0.3 is 24.7 Å². The van der Waals surface area contributed by atoms with Crippen molar-refractivity contribution in [2.75, 3.05) is 13.7 Å². The molecule has 0 amide bonds. The fourth-order valence-electron chi connectivity index (χ4n) is 4.81. The number of rotatable bonds is 10. The van der Waals surface area contributed by atoms with Gasteiger partial charge in [0.15, 0.2) is 0 Å². The SMILES string of the molecule is CCOC(=O)O[C@H](c1cc(C(F)(F)F)cc(C(F)(F)F)c1)[C@H](C)NCc1cc(C(F)(F)F)ccc1-c1cc(C(C)C)c(F)cc1OC. The average Bonchev–Trinajstić information content (AvgIpc) is 2.96. The number of ether oxygens (including phenoxy) is 3. The molecule has 1 N–H and O–H groups in total. The van der Waals surface area contributed by atoms with Crippen LogP contribution >= 0.6 is 0 Å². The second kappa shape index (κ2) is 14.4. The van der Waals surface area contributed by atoms with Gasteiger partial charge in [0.25, 0.3) is 0 Å². The number of carbonyl (C=O) groups is 1. The van der Waals surface area contributed by atoms with Gasteiger partial charge in [-0.1, -0.05) is 19.9 Å². The van der Waals surface area contributed by atoms with E-state index in [0.29, 0.717) is 12.1 Å². The second-order valence-corrected chi connectivity index (χ2v) is 10.8. The number of alkyl halides is 9. The summed E-state index contributed by atoms with van der Waals surface area (Å²) < 4.78 is 153. The number of hydrogen-bond acceptors (Lipinski definition) is 5. The summed E-state index contributed by atoms with van der Waals surface area (Å²) in [5.41, 5.74) is -4.52. The van der Waals surface area contributed by atoms with Gasteiger partial charge in [0.1, 0.15) is 17.7 Å². The van der Waals surface area contributed by atoms with Crippen LogP contribution in [0.3, 0.4) is 0 Å². The first-order valence-electron chi connectivity index (χ1n) is 14.1. The van der Waals surface area contributed by atoms with E-state index in [1.807, 2.05) is 0 Å². The van der Waals surface area contributed by atoms with Crippen molar-refractivity contribution in [2.24, 2.45) is 0 Å². The van der Waals surface area contributed by atoms with Crippen LogP contribution in [-0.2, 0) is 34.5 Å². The van der Waals surface area contributed by atoms with Gasteiger partial charge in [-0.3, -0.25) is 0 Å². The summed E-state index contributed by atoms with van der Waals surface area (Å²) >= 11 is 0. The smallest absolute Gasteiger partial charge is 0.496 e. The highest BCUT2D eigenvalue weighted by Gasteiger charge is 2.39. The second-order valence-electron chi connectivity index (χ2n) is 10.8. The Morgan fingerprint density at radius 3 is 1.85 bits per heavy atom. The van der Waals surface area contributed by atoms with Gasteiger partial charge in [0.2, 0.25) is 0 Å². The average molecular weight is 684 g/mol. The van der Waals surface area contributed by atoms with Crippen LogP contribution in [0.4, 0.5) is 48.7 Å². The zero-order chi connectivity index (χ0) is 35.5. The van der Waals surface area contributed by atoms with Crippen molar-refractivity contribution >= 4 is 6.16 Å². The molecule has 5 nitrogen and oxygen atoms in total. The molecule has 3 rings (SSSR count). The molecule has 15 heteroatoms. The van der Waals surface area contributed by atoms with Crippen molar-refractivity contribution in [1.29, 1.82) is 0 Å². The first kappa shape index (κ1) is 37.4. The van der Waals surface area contributed by atoms with E-state index in [-0.39, 0.29) is 46.6 Å². The van der Waals surface area contributed by atoms with E-state index in [0.717, 1.165) is 24.3 Å².